The van der Waals surface area contributed by atoms with Gasteiger partial charge in [0.15, 0.2) is 0 Å². The van der Waals surface area contributed by atoms with Gasteiger partial charge in [-0.1, -0.05) is 23.7 Å². The Labute approximate surface area is 221 Å². The van der Waals surface area contributed by atoms with E-state index in [9.17, 15) is 9.59 Å². The molecule has 1 atom stereocenters. The third kappa shape index (κ3) is 4.12. The molecule has 190 valence electrons. The summed E-state index contributed by atoms with van der Waals surface area (Å²) >= 11 is 6.29. The molecule has 1 aliphatic heterocycles. The predicted octanol–water partition coefficient (Wildman–Crippen LogP) is 4.18. The number of pyridine rings is 1. The molecule has 1 aliphatic rings. The summed E-state index contributed by atoms with van der Waals surface area (Å²) in [5.41, 5.74) is 5.09. The summed E-state index contributed by atoms with van der Waals surface area (Å²) in [6.07, 6.45) is 3.70. The molecule has 0 spiro atoms. The average molecular weight is 529 g/mol. The number of carbonyl (C=O) groups is 1. The van der Waals surface area contributed by atoms with E-state index in [1.54, 1.807) is 41.1 Å². The van der Waals surface area contributed by atoms with Crippen molar-refractivity contribution in [1.29, 1.82) is 0 Å². The van der Waals surface area contributed by atoms with Crippen molar-refractivity contribution in [2.75, 3.05) is 11.9 Å². The van der Waals surface area contributed by atoms with Gasteiger partial charge in [0.2, 0.25) is 0 Å². The van der Waals surface area contributed by atoms with Crippen molar-refractivity contribution in [1.82, 2.24) is 34.7 Å². The Bertz CT molecular complexity index is 1710. The summed E-state index contributed by atoms with van der Waals surface area (Å²) in [5, 5.41) is 21.1. The number of benzene rings is 2. The van der Waals surface area contributed by atoms with Crippen molar-refractivity contribution in [2.24, 2.45) is 0 Å². The van der Waals surface area contributed by atoms with Gasteiger partial charge in [0.1, 0.15) is 12.2 Å². The number of fused-ring (bicyclic) bond motifs is 1. The summed E-state index contributed by atoms with van der Waals surface area (Å²) in [5.74, 6) is 0.692. The summed E-state index contributed by atoms with van der Waals surface area (Å²) in [6, 6.07) is 15.9. The van der Waals surface area contributed by atoms with Gasteiger partial charge in [0.05, 0.1) is 17.4 Å². The van der Waals surface area contributed by atoms with Gasteiger partial charge >= 0.3 is 6.09 Å². The Morgan fingerprint density at radius 1 is 1.13 bits per heavy atom. The number of carboxylic acid groups (broad SMARTS) is 1. The molecule has 2 aromatic carbocycles. The third-order valence-corrected chi connectivity index (χ3v) is 6.98. The van der Waals surface area contributed by atoms with Crippen LogP contribution >= 0.6 is 11.6 Å². The Balaban J connectivity index is 1.32. The molecule has 2 N–H and O–H groups in total. The zero-order valence-electron chi connectivity index (χ0n) is 20.1. The number of hydrogen-bond donors (Lipinski definition) is 2. The van der Waals surface area contributed by atoms with Crippen molar-refractivity contribution in [3.63, 3.8) is 0 Å². The number of tetrazole rings is 1. The molecule has 4 heterocycles. The number of aromatic amines is 1. The van der Waals surface area contributed by atoms with Gasteiger partial charge in [0.25, 0.3) is 5.56 Å². The first-order chi connectivity index (χ1) is 18.4. The number of nitrogens with zero attached hydrogens (tertiary/aromatic N) is 7. The lowest BCUT2D eigenvalue weighted by atomic mass is 10.0. The molecule has 1 amide bonds. The maximum absolute atomic E-state index is 13.4. The van der Waals surface area contributed by atoms with Crippen LogP contribution in [0.3, 0.4) is 0 Å². The topological polar surface area (TPSA) is 135 Å². The van der Waals surface area contributed by atoms with Crippen LogP contribution in [0.25, 0.3) is 28.1 Å². The van der Waals surface area contributed by atoms with Gasteiger partial charge < -0.3 is 14.7 Å². The van der Waals surface area contributed by atoms with E-state index in [0.717, 1.165) is 39.4 Å². The lowest BCUT2D eigenvalue weighted by Gasteiger charge is -2.15. The van der Waals surface area contributed by atoms with Crippen LogP contribution in [0.2, 0.25) is 5.02 Å². The second kappa shape index (κ2) is 9.27. The summed E-state index contributed by atoms with van der Waals surface area (Å²) in [6.45, 7) is 0. The maximum atomic E-state index is 13.4. The first-order valence-electron chi connectivity index (χ1n) is 11.8. The first-order valence-corrected chi connectivity index (χ1v) is 12.2. The van der Waals surface area contributed by atoms with Crippen LogP contribution in [-0.4, -0.2) is 53.0 Å². The van der Waals surface area contributed by atoms with E-state index in [4.69, 9.17) is 21.7 Å². The van der Waals surface area contributed by atoms with E-state index in [1.807, 2.05) is 24.3 Å². The molecule has 0 saturated carbocycles. The van der Waals surface area contributed by atoms with E-state index >= 15 is 0 Å². The molecule has 0 bridgehead atoms. The third-order valence-electron chi connectivity index (χ3n) is 6.75. The van der Waals surface area contributed by atoms with Crippen LogP contribution < -0.4 is 10.5 Å². The minimum absolute atomic E-state index is 0.137. The fourth-order valence-corrected chi connectivity index (χ4v) is 5.01. The number of anilines is 1. The molecule has 0 aliphatic carbocycles. The fraction of sp³-hybridized carbons (Fsp3) is 0.154. The zero-order valence-corrected chi connectivity index (χ0v) is 20.9. The van der Waals surface area contributed by atoms with Crippen LogP contribution in [0, 0.1) is 0 Å². The van der Waals surface area contributed by atoms with Gasteiger partial charge in [-0.15, -0.1) is 5.10 Å². The highest BCUT2D eigenvalue weighted by molar-refractivity contribution is 6.31. The van der Waals surface area contributed by atoms with E-state index < -0.39 is 6.09 Å². The van der Waals surface area contributed by atoms with Crippen LogP contribution in [0.1, 0.15) is 24.0 Å². The fourth-order valence-electron chi connectivity index (χ4n) is 4.84. The quantitative estimate of drug-likeness (QED) is 0.349. The van der Waals surface area contributed by atoms with E-state index in [1.165, 1.54) is 18.1 Å². The highest BCUT2D eigenvalue weighted by Gasteiger charge is 2.28. The van der Waals surface area contributed by atoms with Crippen LogP contribution in [0.5, 0.6) is 0 Å². The van der Waals surface area contributed by atoms with Gasteiger partial charge in [-0.05, 0) is 65.2 Å². The summed E-state index contributed by atoms with van der Waals surface area (Å²) < 4.78 is 3.31. The highest BCUT2D eigenvalue weighted by Crippen LogP contribution is 2.34. The first kappa shape index (κ1) is 23.6. The summed E-state index contributed by atoms with van der Waals surface area (Å²) in [7, 11) is 1.49. The Morgan fingerprint density at radius 3 is 2.68 bits per heavy atom. The Kier molecular flexibility index (Phi) is 5.76. The largest absolute Gasteiger partial charge is 0.465 e. The molecular weight excluding hydrogens is 508 g/mol. The van der Waals surface area contributed by atoms with Gasteiger partial charge in [0, 0.05) is 46.8 Å². The molecule has 0 radical (unpaired) electrons. The van der Waals surface area contributed by atoms with E-state index in [2.05, 4.69) is 20.5 Å². The summed E-state index contributed by atoms with van der Waals surface area (Å²) in [4.78, 5) is 33.7. The number of imidazole rings is 1. The molecule has 38 heavy (non-hydrogen) atoms. The molecule has 3 aromatic heterocycles. The molecule has 0 saturated heterocycles. The number of hydrogen-bond acceptors (Lipinski definition) is 6. The SMILES string of the molecule is CN(C(=O)O)c1ccc(-c2c[nH]c(C3CCc4cc(-c5cc(Cl)ccc5-n5cnnn5)cc(=O)n43)n2)cc1. The second-order valence-corrected chi connectivity index (χ2v) is 9.41. The number of rotatable bonds is 5. The van der Waals surface area contributed by atoms with Crippen molar-refractivity contribution in [3.05, 3.63) is 94.0 Å². The molecule has 1 unspecified atom stereocenters. The Morgan fingerprint density at radius 2 is 1.95 bits per heavy atom. The van der Waals surface area contributed by atoms with E-state index in [0.29, 0.717) is 28.6 Å². The highest BCUT2D eigenvalue weighted by atomic mass is 35.5. The minimum atomic E-state index is -1.03. The molecule has 0 fully saturated rings. The molecular formula is C26H21ClN8O3. The lowest BCUT2D eigenvalue weighted by molar-refractivity contribution is 0.203. The number of nitrogens with one attached hydrogen (secondary N) is 1. The molecule has 11 nitrogen and oxygen atoms in total. The normalized spacial score (nSPS) is 14.4. The molecule has 12 heteroatoms. The lowest BCUT2D eigenvalue weighted by Crippen LogP contribution is -2.24. The van der Waals surface area contributed by atoms with Crippen molar-refractivity contribution >= 4 is 23.4 Å². The van der Waals surface area contributed by atoms with Gasteiger partial charge in [-0.2, -0.15) is 4.68 Å². The zero-order chi connectivity index (χ0) is 26.4. The minimum Gasteiger partial charge on any atom is -0.465 e. The van der Waals surface area contributed by atoms with Crippen LogP contribution in [-0.2, 0) is 6.42 Å². The number of halogens is 1. The standard InChI is InChI=1S/C26H21ClN8O3/c1-33(26(37)38)18-5-2-15(3-6-18)21-13-28-25(30-21)23-9-7-19-10-16(11-24(36)35(19)23)20-12-17(27)4-8-22(20)34-14-29-31-32-34/h2-6,8,10-14,23H,7,9H2,1H3,(H,28,30)(H,37,38). The van der Waals surface area contributed by atoms with Crippen LogP contribution in [0.15, 0.2) is 71.9 Å². The molecule has 5 aromatic rings. The number of aryl methyl sites for hydroxylation is 1. The predicted molar refractivity (Wildman–Crippen MR) is 141 cm³/mol. The maximum Gasteiger partial charge on any atom is 0.411 e. The Hall–Kier alpha value is -4.77. The monoisotopic (exact) mass is 528 g/mol. The second-order valence-electron chi connectivity index (χ2n) is 8.97. The van der Waals surface area contributed by atoms with Gasteiger partial charge in [-0.3, -0.25) is 9.69 Å². The smallest absolute Gasteiger partial charge is 0.411 e. The van der Waals surface area contributed by atoms with Gasteiger partial charge in [-0.25, -0.2) is 9.78 Å². The van der Waals surface area contributed by atoms with Crippen molar-refractivity contribution in [2.45, 2.75) is 18.9 Å². The molecule has 6 rings (SSSR count). The number of aromatic nitrogens is 7. The van der Waals surface area contributed by atoms with E-state index in [-0.39, 0.29) is 11.6 Å². The average Bonchev–Trinajstić information content (AvgIpc) is 3.69. The van der Waals surface area contributed by atoms with Crippen molar-refractivity contribution in [3.8, 4) is 28.1 Å². The van der Waals surface area contributed by atoms with Crippen molar-refractivity contribution < 1.29 is 9.90 Å². The number of H-pyrrole nitrogens is 1. The van der Waals surface area contributed by atoms with Crippen LogP contribution in [0.4, 0.5) is 10.5 Å². The number of amides is 1.